The first kappa shape index (κ1) is 14.6. The van der Waals surface area contributed by atoms with Crippen molar-refractivity contribution in [2.75, 3.05) is 13.1 Å². The van der Waals surface area contributed by atoms with Gasteiger partial charge in [0.15, 0.2) is 0 Å². The number of hydrogen-bond donors (Lipinski definition) is 1. The molecular formula is C13H19Cl2NO. The first-order valence-electron chi connectivity index (χ1n) is 5.96. The summed E-state index contributed by atoms with van der Waals surface area (Å²) in [5.74, 6) is 0.754. The highest BCUT2D eigenvalue weighted by Gasteiger charge is 2.05. The first-order valence-corrected chi connectivity index (χ1v) is 6.71. The highest BCUT2D eigenvalue weighted by Crippen LogP contribution is 2.26. The summed E-state index contributed by atoms with van der Waals surface area (Å²) in [6.07, 6.45) is 2.51. The van der Waals surface area contributed by atoms with Crippen LogP contribution in [0, 0.1) is 0 Å². The smallest absolute Gasteiger partial charge is 0.121 e. The van der Waals surface area contributed by atoms with Gasteiger partial charge in [-0.15, -0.1) is 0 Å². The maximum atomic E-state index is 5.92. The molecule has 4 heteroatoms. The molecule has 0 saturated heterocycles. The van der Waals surface area contributed by atoms with Gasteiger partial charge in [-0.3, -0.25) is 0 Å². The van der Waals surface area contributed by atoms with Gasteiger partial charge in [-0.25, -0.2) is 0 Å². The third-order valence-corrected chi connectivity index (χ3v) is 3.11. The minimum absolute atomic E-state index is 0.115. The van der Waals surface area contributed by atoms with Gasteiger partial charge in [-0.1, -0.05) is 36.5 Å². The summed E-state index contributed by atoms with van der Waals surface area (Å²) < 4.78 is 5.72. The number of rotatable bonds is 7. The minimum Gasteiger partial charge on any atom is -0.489 e. The molecule has 0 aliphatic rings. The highest BCUT2D eigenvalue weighted by molar-refractivity contribution is 6.42. The lowest BCUT2D eigenvalue weighted by Crippen LogP contribution is -2.29. The van der Waals surface area contributed by atoms with E-state index in [-0.39, 0.29) is 6.10 Å². The lowest BCUT2D eigenvalue weighted by atomic mass is 10.3. The molecule has 0 heterocycles. The third-order valence-electron chi connectivity index (χ3n) is 2.37. The van der Waals surface area contributed by atoms with E-state index in [1.165, 1.54) is 12.8 Å². The van der Waals surface area contributed by atoms with E-state index in [4.69, 9.17) is 27.9 Å². The largest absolute Gasteiger partial charge is 0.489 e. The number of halogens is 2. The quantitative estimate of drug-likeness (QED) is 0.755. The Bertz CT molecular complexity index is 344. The topological polar surface area (TPSA) is 21.3 Å². The first-order chi connectivity index (χ1) is 8.13. The maximum Gasteiger partial charge on any atom is 0.121 e. The minimum atomic E-state index is 0.115. The Hall–Kier alpha value is -0.440. The van der Waals surface area contributed by atoms with Gasteiger partial charge >= 0.3 is 0 Å². The van der Waals surface area contributed by atoms with Crippen LogP contribution < -0.4 is 10.1 Å². The van der Waals surface area contributed by atoms with Crippen LogP contribution in [-0.4, -0.2) is 19.2 Å². The Morgan fingerprint density at radius 1 is 1.29 bits per heavy atom. The van der Waals surface area contributed by atoms with Crippen LogP contribution in [-0.2, 0) is 0 Å². The second-order valence-corrected chi connectivity index (χ2v) is 4.88. The van der Waals surface area contributed by atoms with Crippen molar-refractivity contribution in [1.82, 2.24) is 5.32 Å². The molecule has 1 rings (SSSR count). The van der Waals surface area contributed by atoms with Crippen molar-refractivity contribution >= 4 is 23.2 Å². The maximum absolute atomic E-state index is 5.92. The van der Waals surface area contributed by atoms with Crippen LogP contribution in [0.3, 0.4) is 0 Å². The molecule has 0 amide bonds. The van der Waals surface area contributed by atoms with E-state index in [2.05, 4.69) is 12.2 Å². The van der Waals surface area contributed by atoms with Crippen LogP contribution in [0.5, 0.6) is 5.75 Å². The van der Waals surface area contributed by atoms with Gasteiger partial charge in [-0.05, 0) is 32.0 Å². The molecule has 0 fully saturated rings. The van der Waals surface area contributed by atoms with Crippen molar-refractivity contribution in [3.63, 3.8) is 0 Å². The average Bonchev–Trinajstić information content (AvgIpc) is 2.30. The molecule has 0 spiro atoms. The van der Waals surface area contributed by atoms with Crippen molar-refractivity contribution in [3.05, 3.63) is 28.2 Å². The van der Waals surface area contributed by atoms with Crippen molar-refractivity contribution in [2.45, 2.75) is 32.8 Å². The monoisotopic (exact) mass is 275 g/mol. The second-order valence-electron chi connectivity index (χ2n) is 4.06. The standard InChI is InChI=1S/C13H19Cl2NO/c1-3-4-7-16-9-10(2)17-11-5-6-12(14)13(15)8-11/h5-6,8,10,16H,3-4,7,9H2,1-2H3. The number of benzene rings is 1. The zero-order valence-electron chi connectivity index (χ0n) is 10.3. The Morgan fingerprint density at radius 2 is 2.06 bits per heavy atom. The summed E-state index contributed by atoms with van der Waals surface area (Å²) >= 11 is 11.8. The third kappa shape index (κ3) is 5.62. The van der Waals surface area contributed by atoms with E-state index in [0.29, 0.717) is 10.0 Å². The summed E-state index contributed by atoms with van der Waals surface area (Å²) in [5, 5.41) is 4.42. The molecule has 1 unspecified atom stereocenters. The van der Waals surface area contributed by atoms with Crippen LogP contribution >= 0.6 is 23.2 Å². The number of hydrogen-bond acceptors (Lipinski definition) is 2. The zero-order valence-corrected chi connectivity index (χ0v) is 11.8. The molecule has 0 bridgehead atoms. The van der Waals surface area contributed by atoms with Crippen molar-refractivity contribution in [1.29, 1.82) is 0 Å². The molecule has 1 N–H and O–H groups in total. The van der Waals surface area contributed by atoms with Gasteiger partial charge in [0.2, 0.25) is 0 Å². The van der Waals surface area contributed by atoms with E-state index in [1.807, 2.05) is 13.0 Å². The van der Waals surface area contributed by atoms with Crippen LogP contribution in [0.4, 0.5) is 0 Å². The summed E-state index contributed by atoms with van der Waals surface area (Å²) in [6, 6.07) is 5.32. The fourth-order valence-corrected chi connectivity index (χ4v) is 1.72. The second kappa shape index (κ2) is 7.80. The van der Waals surface area contributed by atoms with Crippen LogP contribution in [0.1, 0.15) is 26.7 Å². The van der Waals surface area contributed by atoms with E-state index in [9.17, 15) is 0 Å². The molecule has 17 heavy (non-hydrogen) atoms. The Balaban J connectivity index is 2.34. The molecular weight excluding hydrogens is 257 g/mol. The van der Waals surface area contributed by atoms with E-state index >= 15 is 0 Å². The Kier molecular flexibility index (Phi) is 6.71. The van der Waals surface area contributed by atoms with Crippen LogP contribution in [0.25, 0.3) is 0 Å². The Morgan fingerprint density at radius 3 is 2.71 bits per heavy atom. The van der Waals surface area contributed by atoms with Gasteiger partial charge in [0, 0.05) is 12.6 Å². The molecule has 1 aromatic rings. The number of ether oxygens (including phenoxy) is 1. The molecule has 0 aliphatic heterocycles. The van der Waals surface area contributed by atoms with E-state index < -0.39 is 0 Å². The molecule has 0 aliphatic carbocycles. The number of unbranched alkanes of at least 4 members (excludes halogenated alkanes) is 1. The van der Waals surface area contributed by atoms with Gasteiger partial charge < -0.3 is 10.1 Å². The molecule has 0 radical (unpaired) electrons. The molecule has 0 aromatic heterocycles. The fourth-order valence-electron chi connectivity index (χ4n) is 1.43. The van der Waals surface area contributed by atoms with Crippen molar-refractivity contribution in [3.8, 4) is 5.75 Å². The lowest BCUT2D eigenvalue weighted by Gasteiger charge is -2.15. The predicted octanol–water partition coefficient (Wildman–Crippen LogP) is 4.15. The highest BCUT2D eigenvalue weighted by atomic mass is 35.5. The van der Waals surface area contributed by atoms with Gasteiger partial charge in [0.25, 0.3) is 0 Å². The van der Waals surface area contributed by atoms with Crippen LogP contribution in [0.2, 0.25) is 10.0 Å². The normalized spacial score (nSPS) is 12.5. The Labute approximate surface area is 113 Å². The molecule has 96 valence electrons. The zero-order chi connectivity index (χ0) is 12.7. The molecule has 1 aromatic carbocycles. The predicted molar refractivity (Wildman–Crippen MR) is 74.3 cm³/mol. The molecule has 0 saturated carbocycles. The summed E-state index contributed by atoms with van der Waals surface area (Å²) in [6.45, 7) is 6.07. The summed E-state index contributed by atoms with van der Waals surface area (Å²) in [7, 11) is 0. The number of nitrogens with one attached hydrogen (secondary N) is 1. The van der Waals surface area contributed by atoms with E-state index in [1.54, 1.807) is 12.1 Å². The van der Waals surface area contributed by atoms with Crippen molar-refractivity contribution in [2.24, 2.45) is 0 Å². The average molecular weight is 276 g/mol. The van der Waals surface area contributed by atoms with Gasteiger partial charge in [-0.2, -0.15) is 0 Å². The lowest BCUT2D eigenvalue weighted by molar-refractivity contribution is 0.217. The van der Waals surface area contributed by atoms with Crippen LogP contribution in [0.15, 0.2) is 18.2 Å². The van der Waals surface area contributed by atoms with Gasteiger partial charge in [0.1, 0.15) is 11.9 Å². The van der Waals surface area contributed by atoms with E-state index in [0.717, 1.165) is 18.8 Å². The van der Waals surface area contributed by atoms with Crippen molar-refractivity contribution < 1.29 is 4.74 Å². The fraction of sp³-hybridized carbons (Fsp3) is 0.538. The SMILES string of the molecule is CCCCNCC(C)Oc1ccc(Cl)c(Cl)c1. The summed E-state index contributed by atoms with van der Waals surface area (Å²) in [5.41, 5.74) is 0. The summed E-state index contributed by atoms with van der Waals surface area (Å²) in [4.78, 5) is 0. The molecule has 1 atom stereocenters. The van der Waals surface area contributed by atoms with Gasteiger partial charge in [0.05, 0.1) is 10.0 Å². The molecule has 2 nitrogen and oxygen atoms in total.